The van der Waals surface area contributed by atoms with Crippen LogP contribution in [0.15, 0.2) is 18.2 Å². The number of amides is 2. The van der Waals surface area contributed by atoms with Gasteiger partial charge < -0.3 is 15.3 Å². The van der Waals surface area contributed by atoms with Crippen molar-refractivity contribution < 1.29 is 9.90 Å². The maximum absolute atomic E-state index is 12.0. The molecule has 1 heterocycles. The van der Waals surface area contributed by atoms with Gasteiger partial charge in [0, 0.05) is 13.1 Å². The Morgan fingerprint density at radius 3 is 2.94 bits per heavy atom. The number of rotatable bonds is 1. The number of likely N-dealkylation sites (tertiary alicyclic amines) is 1. The van der Waals surface area contributed by atoms with Crippen LogP contribution in [0.5, 0.6) is 0 Å². The van der Waals surface area contributed by atoms with Gasteiger partial charge in [0.25, 0.3) is 0 Å². The number of carbonyl (C=O) groups is 1. The van der Waals surface area contributed by atoms with Crippen LogP contribution >= 0.6 is 23.2 Å². The summed E-state index contributed by atoms with van der Waals surface area (Å²) in [6, 6.07) is 4.80. The van der Waals surface area contributed by atoms with Gasteiger partial charge in [0.15, 0.2) is 0 Å². The SMILES string of the molecule is O=C(Nc1cccc(Cl)c1Cl)N1CCCC(O)C1. The summed E-state index contributed by atoms with van der Waals surface area (Å²) in [7, 11) is 0. The smallest absolute Gasteiger partial charge is 0.321 e. The highest BCUT2D eigenvalue weighted by molar-refractivity contribution is 6.43. The summed E-state index contributed by atoms with van der Waals surface area (Å²) in [4.78, 5) is 13.6. The molecule has 0 aromatic heterocycles. The molecule has 1 aliphatic rings. The minimum Gasteiger partial charge on any atom is -0.391 e. The largest absolute Gasteiger partial charge is 0.391 e. The van der Waals surface area contributed by atoms with Crippen molar-refractivity contribution in [2.24, 2.45) is 0 Å². The third-order valence-corrected chi connectivity index (χ3v) is 3.70. The summed E-state index contributed by atoms with van der Waals surface area (Å²) in [5, 5.41) is 12.9. The van der Waals surface area contributed by atoms with E-state index in [0.717, 1.165) is 12.8 Å². The van der Waals surface area contributed by atoms with Gasteiger partial charge >= 0.3 is 6.03 Å². The van der Waals surface area contributed by atoms with Gasteiger partial charge in [-0.15, -0.1) is 0 Å². The van der Waals surface area contributed by atoms with Gasteiger partial charge in [-0.05, 0) is 25.0 Å². The molecule has 1 fully saturated rings. The highest BCUT2D eigenvalue weighted by Gasteiger charge is 2.22. The van der Waals surface area contributed by atoms with Crippen molar-refractivity contribution in [3.63, 3.8) is 0 Å². The number of carbonyl (C=O) groups excluding carboxylic acids is 1. The first-order valence-corrected chi connectivity index (χ1v) is 6.51. The summed E-state index contributed by atoms with van der Waals surface area (Å²) in [5.41, 5.74) is 0.481. The highest BCUT2D eigenvalue weighted by Crippen LogP contribution is 2.29. The van der Waals surface area contributed by atoms with E-state index in [1.165, 1.54) is 0 Å². The highest BCUT2D eigenvalue weighted by atomic mass is 35.5. The van der Waals surface area contributed by atoms with Crippen LogP contribution in [0.2, 0.25) is 10.0 Å². The maximum atomic E-state index is 12.0. The molecule has 0 bridgehead atoms. The van der Waals surface area contributed by atoms with E-state index in [-0.39, 0.29) is 6.03 Å². The number of urea groups is 1. The standard InChI is InChI=1S/C12H14Cl2N2O2/c13-9-4-1-5-10(11(9)14)15-12(18)16-6-2-3-8(17)7-16/h1,4-5,8,17H,2-3,6-7H2,(H,15,18). The third kappa shape index (κ3) is 3.07. The number of hydrogen-bond acceptors (Lipinski definition) is 2. The number of aliphatic hydroxyl groups is 1. The molecule has 1 aliphatic heterocycles. The van der Waals surface area contributed by atoms with E-state index in [0.29, 0.717) is 28.8 Å². The number of halogens is 2. The number of anilines is 1. The molecule has 1 aromatic rings. The molecule has 4 nitrogen and oxygen atoms in total. The first kappa shape index (κ1) is 13.5. The molecule has 1 atom stereocenters. The third-order valence-electron chi connectivity index (χ3n) is 2.88. The van der Waals surface area contributed by atoms with Crippen LogP contribution < -0.4 is 5.32 Å². The Morgan fingerprint density at radius 2 is 2.22 bits per heavy atom. The predicted octanol–water partition coefficient (Wildman–Crippen LogP) is 2.98. The Bertz CT molecular complexity index is 454. The van der Waals surface area contributed by atoms with Crippen LogP contribution in [-0.4, -0.2) is 35.2 Å². The van der Waals surface area contributed by atoms with Crippen LogP contribution in [-0.2, 0) is 0 Å². The predicted molar refractivity (Wildman–Crippen MR) is 72.3 cm³/mol. The summed E-state index contributed by atoms with van der Waals surface area (Å²) in [6.45, 7) is 0.991. The van der Waals surface area contributed by atoms with Gasteiger partial charge in [-0.3, -0.25) is 0 Å². The van der Waals surface area contributed by atoms with Crippen molar-refractivity contribution in [3.05, 3.63) is 28.2 Å². The second kappa shape index (κ2) is 5.78. The van der Waals surface area contributed by atoms with E-state index in [9.17, 15) is 9.90 Å². The van der Waals surface area contributed by atoms with Crippen LogP contribution in [0.4, 0.5) is 10.5 Å². The fourth-order valence-corrected chi connectivity index (χ4v) is 2.28. The van der Waals surface area contributed by atoms with Gasteiger partial charge in [-0.2, -0.15) is 0 Å². The van der Waals surface area contributed by atoms with Crippen LogP contribution in [0.1, 0.15) is 12.8 Å². The molecule has 0 aliphatic carbocycles. The molecule has 2 N–H and O–H groups in total. The lowest BCUT2D eigenvalue weighted by atomic mass is 10.1. The molecular weight excluding hydrogens is 275 g/mol. The number of β-amino-alcohol motifs (C(OH)–C–C–N with tert-alkyl or cyclic N) is 1. The van der Waals surface area contributed by atoms with E-state index in [4.69, 9.17) is 23.2 Å². The van der Waals surface area contributed by atoms with E-state index in [2.05, 4.69) is 5.32 Å². The maximum Gasteiger partial charge on any atom is 0.321 e. The Labute approximate surface area is 115 Å². The van der Waals surface area contributed by atoms with Gasteiger partial charge in [0.1, 0.15) is 0 Å². The molecule has 0 saturated carbocycles. The second-order valence-electron chi connectivity index (χ2n) is 4.27. The lowest BCUT2D eigenvalue weighted by Gasteiger charge is -2.30. The lowest BCUT2D eigenvalue weighted by Crippen LogP contribution is -2.44. The van der Waals surface area contributed by atoms with Gasteiger partial charge in [-0.1, -0.05) is 29.3 Å². The second-order valence-corrected chi connectivity index (χ2v) is 5.06. The van der Waals surface area contributed by atoms with E-state index in [1.54, 1.807) is 23.1 Å². The summed E-state index contributed by atoms with van der Waals surface area (Å²) in [5.74, 6) is 0. The van der Waals surface area contributed by atoms with Crippen LogP contribution in [0.25, 0.3) is 0 Å². The average Bonchev–Trinajstić information content (AvgIpc) is 2.35. The number of nitrogens with one attached hydrogen (secondary N) is 1. The van der Waals surface area contributed by atoms with E-state index in [1.807, 2.05) is 0 Å². The molecule has 98 valence electrons. The quantitative estimate of drug-likeness (QED) is 0.835. The molecule has 1 unspecified atom stereocenters. The molecule has 1 saturated heterocycles. The Hall–Kier alpha value is -0.970. The molecule has 0 spiro atoms. The number of nitrogens with zero attached hydrogens (tertiary/aromatic N) is 1. The molecule has 2 rings (SSSR count). The summed E-state index contributed by atoms with van der Waals surface area (Å²) < 4.78 is 0. The number of hydrogen-bond donors (Lipinski definition) is 2. The fraction of sp³-hybridized carbons (Fsp3) is 0.417. The Kier molecular flexibility index (Phi) is 4.32. The average molecular weight is 289 g/mol. The molecule has 1 aromatic carbocycles. The fourth-order valence-electron chi connectivity index (χ4n) is 1.93. The first-order chi connectivity index (χ1) is 8.58. The zero-order chi connectivity index (χ0) is 13.1. The first-order valence-electron chi connectivity index (χ1n) is 5.76. The summed E-state index contributed by atoms with van der Waals surface area (Å²) >= 11 is 11.9. The molecular formula is C12H14Cl2N2O2. The Morgan fingerprint density at radius 1 is 1.44 bits per heavy atom. The number of aliphatic hydroxyl groups excluding tert-OH is 1. The van der Waals surface area contributed by atoms with Crippen molar-refractivity contribution in [1.82, 2.24) is 4.90 Å². The lowest BCUT2D eigenvalue weighted by molar-refractivity contribution is 0.0883. The van der Waals surface area contributed by atoms with Gasteiger partial charge in [-0.25, -0.2) is 4.79 Å². The summed E-state index contributed by atoms with van der Waals surface area (Å²) in [6.07, 6.45) is 1.10. The Balaban J connectivity index is 2.04. The van der Waals surface area contributed by atoms with Crippen molar-refractivity contribution in [3.8, 4) is 0 Å². The monoisotopic (exact) mass is 288 g/mol. The van der Waals surface area contributed by atoms with E-state index < -0.39 is 6.10 Å². The number of piperidine rings is 1. The minimum absolute atomic E-state index is 0.266. The minimum atomic E-state index is -0.445. The normalized spacial score (nSPS) is 19.7. The van der Waals surface area contributed by atoms with Crippen molar-refractivity contribution in [2.45, 2.75) is 18.9 Å². The van der Waals surface area contributed by atoms with Gasteiger partial charge in [0.05, 0.1) is 21.8 Å². The zero-order valence-electron chi connectivity index (χ0n) is 9.70. The topological polar surface area (TPSA) is 52.6 Å². The van der Waals surface area contributed by atoms with Crippen LogP contribution in [0, 0.1) is 0 Å². The van der Waals surface area contributed by atoms with Crippen LogP contribution in [0.3, 0.4) is 0 Å². The van der Waals surface area contributed by atoms with Crippen molar-refractivity contribution in [1.29, 1.82) is 0 Å². The number of benzene rings is 1. The molecule has 0 radical (unpaired) electrons. The van der Waals surface area contributed by atoms with Crippen molar-refractivity contribution >= 4 is 34.9 Å². The molecule has 2 amide bonds. The zero-order valence-corrected chi connectivity index (χ0v) is 11.2. The van der Waals surface area contributed by atoms with E-state index >= 15 is 0 Å². The van der Waals surface area contributed by atoms with Gasteiger partial charge in [0.2, 0.25) is 0 Å². The molecule has 6 heteroatoms. The van der Waals surface area contributed by atoms with Crippen molar-refractivity contribution in [2.75, 3.05) is 18.4 Å². The molecule has 18 heavy (non-hydrogen) atoms.